The first-order chi connectivity index (χ1) is 9.94. The molecule has 0 saturated carbocycles. The summed E-state index contributed by atoms with van der Waals surface area (Å²) in [5, 5.41) is 0.0417. The molecule has 116 valence electrons. The molecule has 1 fully saturated rings. The van der Waals surface area contributed by atoms with Crippen molar-refractivity contribution in [2.45, 2.75) is 23.8 Å². The lowest BCUT2D eigenvalue weighted by Gasteiger charge is -2.11. The molecule has 0 amide bonds. The van der Waals surface area contributed by atoms with E-state index >= 15 is 0 Å². The number of carbonyl (C=O) groups excluding carboxylic acids is 1. The molecule has 1 atom stereocenters. The summed E-state index contributed by atoms with van der Waals surface area (Å²) in [4.78, 5) is 11.8. The molecule has 1 heterocycles. The predicted octanol–water partition coefficient (Wildman–Crippen LogP) is 1.58. The van der Waals surface area contributed by atoms with Crippen LogP contribution in [0.1, 0.15) is 23.2 Å². The minimum atomic E-state index is -3.73. The van der Waals surface area contributed by atoms with Gasteiger partial charge in [0.2, 0.25) is 10.0 Å². The van der Waals surface area contributed by atoms with Gasteiger partial charge in [-0.15, -0.1) is 0 Å². The normalized spacial score (nSPS) is 18.7. The number of hydrogen-bond acceptors (Lipinski definition) is 5. The fourth-order valence-corrected chi connectivity index (χ4v) is 3.22. The van der Waals surface area contributed by atoms with Crippen molar-refractivity contribution in [3.8, 4) is 0 Å². The molecule has 1 aliphatic heterocycles. The molecule has 0 unspecified atom stereocenters. The van der Waals surface area contributed by atoms with Crippen LogP contribution in [0.25, 0.3) is 0 Å². The third kappa shape index (κ3) is 3.94. The van der Waals surface area contributed by atoms with E-state index in [4.69, 9.17) is 21.1 Å². The number of esters is 1. The molecule has 1 aromatic carbocycles. The Hall–Kier alpha value is -1.15. The van der Waals surface area contributed by atoms with E-state index in [2.05, 4.69) is 4.72 Å². The molecule has 0 radical (unpaired) electrons. The standard InChI is InChI=1S/C13H16ClNO5S/c1-15-21(17,18)12-7-9(4-5-11(12)14)13(16)20-8-10-3-2-6-19-10/h4-5,7,10,15H,2-3,6,8H2,1H3/t10-/m0/s1. The quantitative estimate of drug-likeness (QED) is 0.827. The van der Waals surface area contributed by atoms with Crippen molar-refractivity contribution < 1.29 is 22.7 Å². The lowest BCUT2D eigenvalue weighted by atomic mass is 10.2. The summed E-state index contributed by atoms with van der Waals surface area (Å²) in [7, 11) is -2.46. The zero-order chi connectivity index (χ0) is 15.5. The number of sulfonamides is 1. The van der Waals surface area contributed by atoms with E-state index in [0.29, 0.717) is 6.61 Å². The van der Waals surface area contributed by atoms with Gasteiger partial charge in [0.05, 0.1) is 16.7 Å². The van der Waals surface area contributed by atoms with E-state index in [9.17, 15) is 13.2 Å². The first-order valence-electron chi connectivity index (χ1n) is 6.46. The van der Waals surface area contributed by atoms with Crippen molar-refractivity contribution in [2.24, 2.45) is 0 Å². The van der Waals surface area contributed by atoms with Gasteiger partial charge in [0.25, 0.3) is 0 Å². The van der Waals surface area contributed by atoms with Crippen LogP contribution >= 0.6 is 11.6 Å². The summed E-state index contributed by atoms with van der Waals surface area (Å²) < 4.78 is 36.2. The topological polar surface area (TPSA) is 81.7 Å². The maximum absolute atomic E-state index is 11.9. The Morgan fingerprint density at radius 1 is 1.52 bits per heavy atom. The molecule has 0 aliphatic carbocycles. The van der Waals surface area contributed by atoms with Crippen LogP contribution in [0.4, 0.5) is 0 Å². The smallest absolute Gasteiger partial charge is 0.338 e. The van der Waals surface area contributed by atoms with E-state index in [1.54, 1.807) is 0 Å². The van der Waals surface area contributed by atoms with Crippen LogP contribution < -0.4 is 4.72 Å². The van der Waals surface area contributed by atoms with Crippen LogP contribution in [0.15, 0.2) is 23.1 Å². The molecule has 21 heavy (non-hydrogen) atoms. The van der Waals surface area contributed by atoms with E-state index in [1.165, 1.54) is 25.2 Å². The van der Waals surface area contributed by atoms with E-state index in [1.807, 2.05) is 0 Å². The van der Waals surface area contributed by atoms with Gasteiger partial charge in [0.15, 0.2) is 0 Å². The first-order valence-corrected chi connectivity index (χ1v) is 8.32. The first kappa shape index (κ1) is 16.2. The van der Waals surface area contributed by atoms with Crippen LogP contribution in [0.2, 0.25) is 5.02 Å². The number of benzene rings is 1. The summed E-state index contributed by atoms with van der Waals surface area (Å²) in [5.74, 6) is -0.602. The SMILES string of the molecule is CNS(=O)(=O)c1cc(C(=O)OC[C@@H]2CCCO2)ccc1Cl. The Labute approximate surface area is 128 Å². The Morgan fingerprint density at radius 2 is 2.29 bits per heavy atom. The lowest BCUT2D eigenvalue weighted by Crippen LogP contribution is -2.20. The Kier molecular flexibility index (Phi) is 5.21. The monoisotopic (exact) mass is 333 g/mol. The highest BCUT2D eigenvalue weighted by Gasteiger charge is 2.21. The molecular formula is C13H16ClNO5S. The van der Waals surface area contributed by atoms with Crippen LogP contribution in [0.3, 0.4) is 0 Å². The van der Waals surface area contributed by atoms with Crippen molar-refractivity contribution >= 4 is 27.6 Å². The van der Waals surface area contributed by atoms with Gasteiger partial charge in [-0.05, 0) is 38.1 Å². The number of ether oxygens (including phenoxy) is 2. The largest absolute Gasteiger partial charge is 0.459 e. The second-order valence-electron chi connectivity index (χ2n) is 4.59. The van der Waals surface area contributed by atoms with Gasteiger partial charge >= 0.3 is 5.97 Å². The average Bonchev–Trinajstić information content (AvgIpc) is 2.98. The van der Waals surface area contributed by atoms with Gasteiger partial charge in [-0.1, -0.05) is 11.6 Å². The molecule has 0 bridgehead atoms. The molecule has 1 aromatic rings. The Balaban J connectivity index is 2.12. The molecule has 2 rings (SSSR count). The minimum Gasteiger partial charge on any atom is -0.459 e. The fourth-order valence-electron chi connectivity index (χ4n) is 1.97. The number of nitrogens with one attached hydrogen (secondary N) is 1. The van der Waals surface area contributed by atoms with E-state index in [-0.39, 0.29) is 28.2 Å². The summed E-state index contributed by atoms with van der Waals surface area (Å²) in [6.45, 7) is 0.837. The van der Waals surface area contributed by atoms with E-state index < -0.39 is 16.0 Å². The highest BCUT2D eigenvalue weighted by molar-refractivity contribution is 7.89. The van der Waals surface area contributed by atoms with Crippen LogP contribution in [0, 0.1) is 0 Å². The lowest BCUT2D eigenvalue weighted by molar-refractivity contribution is 0.0161. The summed E-state index contributed by atoms with van der Waals surface area (Å²) in [6, 6.07) is 3.98. The maximum Gasteiger partial charge on any atom is 0.338 e. The van der Waals surface area contributed by atoms with Crippen molar-refractivity contribution in [3.63, 3.8) is 0 Å². The van der Waals surface area contributed by atoms with Crippen LogP contribution in [-0.4, -0.2) is 40.8 Å². The zero-order valence-corrected chi connectivity index (χ0v) is 13.0. The van der Waals surface area contributed by atoms with Crippen molar-refractivity contribution in [1.82, 2.24) is 4.72 Å². The van der Waals surface area contributed by atoms with Crippen molar-refractivity contribution in [3.05, 3.63) is 28.8 Å². The van der Waals surface area contributed by atoms with E-state index in [0.717, 1.165) is 12.8 Å². The highest BCUT2D eigenvalue weighted by atomic mass is 35.5. The molecule has 1 aliphatic rings. The minimum absolute atomic E-state index is 0.0417. The predicted molar refractivity (Wildman–Crippen MR) is 77.0 cm³/mol. The van der Waals surface area contributed by atoms with Gasteiger partial charge in [0.1, 0.15) is 11.5 Å². The summed E-state index contributed by atoms with van der Waals surface area (Å²) >= 11 is 5.85. The molecule has 6 nitrogen and oxygen atoms in total. The van der Waals surface area contributed by atoms with Gasteiger partial charge < -0.3 is 9.47 Å². The highest BCUT2D eigenvalue weighted by Crippen LogP contribution is 2.23. The maximum atomic E-state index is 11.9. The number of halogens is 1. The van der Waals surface area contributed by atoms with Crippen LogP contribution in [-0.2, 0) is 19.5 Å². The molecule has 0 spiro atoms. The number of hydrogen-bond donors (Lipinski definition) is 1. The average molecular weight is 334 g/mol. The number of carbonyl (C=O) groups is 1. The van der Waals surface area contributed by atoms with Crippen LogP contribution in [0.5, 0.6) is 0 Å². The molecule has 0 aromatic heterocycles. The summed E-state index contributed by atoms with van der Waals surface area (Å²) in [6.07, 6.45) is 1.72. The Bertz CT molecular complexity index is 625. The third-order valence-corrected chi connectivity index (χ3v) is 5.05. The Morgan fingerprint density at radius 3 is 2.90 bits per heavy atom. The van der Waals surface area contributed by atoms with Crippen molar-refractivity contribution in [1.29, 1.82) is 0 Å². The van der Waals surface area contributed by atoms with Gasteiger partial charge in [-0.2, -0.15) is 0 Å². The van der Waals surface area contributed by atoms with Gasteiger partial charge in [-0.3, -0.25) is 0 Å². The molecular weight excluding hydrogens is 318 g/mol. The second-order valence-corrected chi connectivity index (χ2v) is 6.85. The molecule has 8 heteroatoms. The summed E-state index contributed by atoms with van der Waals surface area (Å²) in [5.41, 5.74) is 0.131. The fraction of sp³-hybridized carbons (Fsp3) is 0.462. The van der Waals surface area contributed by atoms with Crippen molar-refractivity contribution in [2.75, 3.05) is 20.3 Å². The second kappa shape index (κ2) is 6.74. The van der Waals surface area contributed by atoms with Gasteiger partial charge in [0, 0.05) is 6.61 Å². The third-order valence-electron chi connectivity index (χ3n) is 3.15. The zero-order valence-electron chi connectivity index (χ0n) is 11.5. The number of rotatable bonds is 5. The molecule has 1 N–H and O–H groups in total. The van der Waals surface area contributed by atoms with Gasteiger partial charge in [-0.25, -0.2) is 17.9 Å². The molecule has 1 saturated heterocycles.